The highest BCUT2D eigenvalue weighted by Crippen LogP contribution is 2.44. The van der Waals surface area contributed by atoms with Gasteiger partial charge in [-0.2, -0.15) is 0 Å². The van der Waals surface area contributed by atoms with Crippen LogP contribution in [0.3, 0.4) is 0 Å². The largest absolute Gasteiger partial charge is 0.496 e. The van der Waals surface area contributed by atoms with E-state index >= 15 is 0 Å². The Balaban J connectivity index is 2.44. The van der Waals surface area contributed by atoms with Gasteiger partial charge in [-0.25, -0.2) is 0 Å². The van der Waals surface area contributed by atoms with E-state index in [0.717, 1.165) is 39.8 Å². The van der Waals surface area contributed by atoms with Crippen molar-refractivity contribution in [2.24, 2.45) is 0 Å². The number of aldehydes is 1. The van der Waals surface area contributed by atoms with Gasteiger partial charge in [-0.3, -0.25) is 4.79 Å². The molecule has 3 rings (SSSR count). The molecule has 0 amide bonds. The molecule has 0 saturated carbocycles. The fraction of sp³-hybridized carbons (Fsp3) is 0.400. The van der Waals surface area contributed by atoms with Gasteiger partial charge in [-0.05, 0) is 47.1 Å². The average Bonchev–Trinajstić information content (AvgIpc) is 2.96. The summed E-state index contributed by atoms with van der Waals surface area (Å²) >= 11 is 0. The first kappa shape index (κ1) is 20.2. The summed E-state index contributed by atoms with van der Waals surface area (Å²) < 4.78 is 7.89. The SMILES string of the molecule is COc1c(-c2cc3ccc(C)cn3c2C=O)cc(C(C)(C)C)cc1C(C)(C)C. The number of carbonyl (C=O) groups excluding carboxylic acids is 1. The second-order valence-electron chi connectivity index (χ2n) is 9.67. The lowest BCUT2D eigenvalue weighted by Crippen LogP contribution is -2.18. The molecule has 0 aliphatic rings. The summed E-state index contributed by atoms with van der Waals surface area (Å²) in [6.45, 7) is 15.3. The minimum Gasteiger partial charge on any atom is -0.496 e. The number of aromatic nitrogens is 1. The molecule has 3 heteroatoms. The van der Waals surface area contributed by atoms with Crippen molar-refractivity contribution >= 4 is 11.8 Å². The predicted molar refractivity (Wildman–Crippen MR) is 117 cm³/mol. The Bertz CT molecular complexity index is 1040. The monoisotopic (exact) mass is 377 g/mol. The second-order valence-corrected chi connectivity index (χ2v) is 9.67. The number of hydrogen-bond acceptors (Lipinski definition) is 2. The van der Waals surface area contributed by atoms with Crippen LogP contribution < -0.4 is 4.74 Å². The summed E-state index contributed by atoms with van der Waals surface area (Å²) in [5.41, 5.74) is 6.94. The van der Waals surface area contributed by atoms with E-state index in [1.165, 1.54) is 5.56 Å². The fourth-order valence-electron chi connectivity index (χ4n) is 3.67. The van der Waals surface area contributed by atoms with Crippen LogP contribution in [0.4, 0.5) is 0 Å². The van der Waals surface area contributed by atoms with E-state index in [1.54, 1.807) is 7.11 Å². The molecule has 0 atom stereocenters. The standard InChI is InChI=1S/C25H31NO2/c1-16-9-10-18-13-19(22(15-27)26(18)14-16)20-11-17(24(2,3)4)12-21(23(20)28-8)25(5,6)7/h9-15H,1-8H3. The highest BCUT2D eigenvalue weighted by Gasteiger charge is 2.27. The first-order valence-corrected chi connectivity index (χ1v) is 9.77. The summed E-state index contributed by atoms with van der Waals surface area (Å²) in [4.78, 5) is 12.1. The van der Waals surface area contributed by atoms with Crippen LogP contribution in [0.1, 0.15) is 68.7 Å². The first-order chi connectivity index (χ1) is 13.0. The van der Waals surface area contributed by atoms with Crippen LogP contribution in [-0.4, -0.2) is 17.8 Å². The van der Waals surface area contributed by atoms with Crippen LogP contribution in [0.2, 0.25) is 0 Å². The van der Waals surface area contributed by atoms with Gasteiger partial charge in [0.05, 0.1) is 12.8 Å². The number of nitrogens with zero attached hydrogens (tertiary/aromatic N) is 1. The van der Waals surface area contributed by atoms with Gasteiger partial charge >= 0.3 is 0 Å². The fourth-order valence-corrected chi connectivity index (χ4v) is 3.67. The number of hydrogen-bond donors (Lipinski definition) is 0. The minimum atomic E-state index is -0.0849. The molecule has 0 spiro atoms. The van der Waals surface area contributed by atoms with Crippen LogP contribution in [0, 0.1) is 6.92 Å². The summed E-state index contributed by atoms with van der Waals surface area (Å²) in [5, 5.41) is 0. The Morgan fingerprint density at radius 1 is 0.929 bits per heavy atom. The molecule has 1 aromatic carbocycles. The third kappa shape index (κ3) is 3.46. The maximum absolute atomic E-state index is 12.1. The molecular weight excluding hydrogens is 346 g/mol. The van der Waals surface area contributed by atoms with Gasteiger partial charge < -0.3 is 9.14 Å². The van der Waals surface area contributed by atoms with Crippen LogP contribution in [0.15, 0.2) is 36.5 Å². The molecular formula is C25H31NO2. The summed E-state index contributed by atoms with van der Waals surface area (Å²) in [6.07, 6.45) is 2.95. The molecule has 0 N–H and O–H groups in total. The first-order valence-electron chi connectivity index (χ1n) is 9.77. The summed E-state index contributed by atoms with van der Waals surface area (Å²) in [7, 11) is 1.71. The van der Waals surface area contributed by atoms with Crippen molar-refractivity contribution in [3.05, 3.63) is 58.9 Å². The summed E-state index contributed by atoms with van der Waals surface area (Å²) in [5.74, 6) is 0.844. The lowest BCUT2D eigenvalue weighted by atomic mass is 9.78. The Morgan fingerprint density at radius 3 is 2.14 bits per heavy atom. The van der Waals surface area contributed by atoms with Crippen LogP contribution in [-0.2, 0) is 10.8 Å². The van der Waals surface area contributed by atoms with Crippen molar-refractivity contribution in [3.63, 3.8) is 0 Å². The van der Waals surface area contributed by atoms with E-state index in [2.05, 4.69) is 71.9 Å². The van der Waals surface area contributed by atoms with Crippen LogP contribution in [0.5, 0.6) is 5.75 Å². The minimum absolute atomic E-state index is 0.0158. The number of methoxy groups -OCH3 is 1. The number of carbonyl (C=O) groups is 1. The average molecular weight is 378 g/mol. The molecule has 0 aliphatic heterocycles. The van der Waals surface area contributed by atoms with Gasteiger partial charge in [0.1, 0.15) is 5.75 Å². The van der Waals surface area contributed by atoms with Crippen molar-refractivity contribution in [1.82, 2.24) is 4.40 Å². The van der Waals surface area contributed by atoms with E-state index in [9.17, 15) is 4.79 Å². The number of benzene rings is 1. The molecule has 0 fully saturated rings. The molecule has 148 valence electrons. The number of rotatable bonds is 3. The molecule has 2 heterocycles. The molecule has 0 unspecified atom stereocenters. The van der Waals surface area contributed by atoms with Crippen molar-refractivity contribution in [2.75, 3.05) is 7.11 Å². The Kier molecular flexibility index (Phi) is 4.91. The van der Waals surface area contributed by atoms with Crippen molar-refractivity contribution in [2.45, 2.75) is 59.3 Å². The Hall–Kier alpha value is -2.55. The highest BCUT2D eigenvalue weighted by molar-refractivity contribution is 5.92. The molecule has 0 bridgehead atoms. The Morgan fingerprint density at radius 2 is 1.61 bits per heavy atom. The predicted octanol–water partition coefficient (Wildman–Crippen LogP) is 6.33. The molecule has 0 aliphatic carbocycles. The maximum Gasteiger partial charge on any atom is 0.167 e. The van der Waals surface area contributed by atoms with Gasteiger partial charge in [0.15, 0.2) is 6.29 Å². The third-order valence-electron chi connectivity index (χ3n) is 5.32. The number of pyridine rings is 1. The van der Waals surface area contributed by atoms with Gasteiger partial charge in [0.25, 0.3) is 0 Å². The topological polar surface area (TPSA) is 30.7 Å². The van der Waals surface area contributed by atoms with E-state index in [1.807, 2.05) is 17.5 Å². The second kappa shape index (κ2) is 6.80. The smallest absolute Gasteiger partial charge is 0.167 e. The van der Waals surface area contributed by atoms with Crippen LogP contribution >= 0.6 is 0 Å². The quantitative estimate of drug-likeness (QED) is 0.499. The molecule has 3 aromatic rings. The number of aryl methyl sites for hydroxylation is 1. The molecule has 2 aromatic heterocycles. The zero-order valence-corrected chi connectivity index (χ0v) is 18.3. The van der Waals surface area contributed by atoms with Crippen molar-refractivity contribution in [1.29, 1.82) is 0 Å². The summed E-state index contributed by atoms with van der Waals surface area (Å²) in [6, 6.07) is 10.6. The maximum atomic E-state index is 12.1. The van der Waals surface area contributed by atoms with Crippen LogP contribution in [0.25, 0.3) is 16.6 Å². The van der Waals surface area contributed by atoms with E-state index in [4.69, 9.17) is 4.74 Å². The molecule has 0 saturated heterocycles. The number of ether oxygens (including phenoxy) is 1. The zero-order chi connectivity index (χ0) is 20.9. The van der Waals surface area contributed by atoms with E-state index < -0.39 is 0 Å². The lowest BCUT2D eigenvalue weighted by molar-refractivity contribution is 0.111. The third-order valence-corrected chi connectivity index (χ3v) is 5.32. The molecule has 3 nitrogen and oxygen atoms in total. The highest BCUT2D eigenvalue weighted by atomic mass is 16.5. The van der Waals surface area contributed by atoms with Gasteiger partial charge in [0, 0.05) is 28.4 Å². The lowest BCUT2D eigenvalue weighted by Gasteiger charge is -2.29. The normalized spacial score (nSPS) is 12.4. The van der Waals surface area contributed by atoms with E-state index in [0.29, 0.717) is 5.69 Å². The van der Waals surface area contributed by atoms with Gasteiger partial charge in [-0.15, -0.1) is 0 Å². The van der Waals surface area contributed by atoms with Gasteiger partial charge in [0.2, 0.25) is 0 Å². The molecule has 0 radical (unpaired) electrons. The Labute approximate surface area is 168 Å². The zero-order valence-electron chi connectivity index (χ0n) is 18.3. The number of fused-ring (bicyclic) bond motifs is 1. The molecule has 28 heavy (non-hydrogen) atoms. The van der Waals surface area contributed by atoms with E-state index in [-0.39, 0.29) is 10.8 Å². The van der Waals surface area contributed by atoms with Crippen molar-refractivity contribution in [3.8, 4) is 16.9 Å². The van der Waals surface area contributed by atoms with Crippen molar-refractivity contribution < 1.29 is 9.53 Å². The van der Waals surface area contributed by atoms with Gasteiger partial charge in [-0.1, -0.05) is 53.7 Å².